The molecule has 3 heterocycles. The predicted octanol–water partition coefficient (Wildman–Crippen LogP) is 3.67. The van der Waals surface area contributed by atoms with Crippen molar-refractivity contribution >= 4 is 22.5 Å². The lowest BCUT2D eigenvalue weighted by molar-refractivity contribution is 0.208. The largest absolute Gasteiger partial charge is 0.496 e. The van der Waals surface area contributed by atoms with Gasteiger partial charge in [-0.2, -0.15) is 4.52 Å². The molecule has 7 heteroatoms. The molecule has 2 aromatic carbocycles. The number of hydrogen-bond acceptors (Lipinski definition) is 6. The summed E-state index contributed by atoms with van der Waals surface area (Å²) < 4.78 is 7.35. The lowest BCUT2D eigenvalue weighted by Gasteiger charge is -2.32. The summed E-state index contributed by atoms with van der Waals surface area (Å²) in [6, 6.07) is 16.7. The number of aryl methyl sites for hydroxylation is 1. The molecule has 0 amide bonds. The fourth-order valence-electron chi connectivity index (χ4n) is 4.24. The van der Waals surface area contributed by atoms with Gasteiger partial charge < -0.3 is 10.1 Å². The van der Waals surface area contributed by atoms with Gasteiger partial charge in [-0.05, 0) is 38.0 Å². The molecule has 2 aromatic heterocycles. The van der Waals surface area contributed by atoms with Crippen molar-refractivity contribution in [2.45, 2.75) is 32.4 Å². The van der Waals surface area contributed by atoms with Gasteiger partial charge >= 0.3 is 0 Å². The van der Waals surface area contributed by atoms with Gasteiger partial charge in [-0.15, -0.1) is 5.10 Å². The van der Waals surface area contributed by atoms with E-state index in [2.05, 4.69) is 32.4 Å². The number of nitrogens with one attached hydrogen (secondary N) is 1. The second-order valence-corrected chi connectivity index (χ2v) is 7.85. The monoisotopic (exact) mass is 402 g/mol. The number of nitrogens with zero attached hydrogens (tertiary/aromatic N) is 5. The van der Waals surface area contributed by atoms with Crippen LogP contribution in [0.2, 0.25) is 0 Å². The Bertz CT molecular complexity index is 1180. The van der Waals surface area contributed by atoms with Crippen LogP contribution in [0.5, 0.6) is 5.75 Å². The molecular formula is C23H26N6O. The first-order valence-corrected chi connectivity index (χ1v) is 10.4. The molecule has 154 valence electrons. The summed E-state index contributed by atoms with van der Waals surface area (Å²) in [6.07, 6.45) is 2.11. The van der Waals surface area contributed by atoms with Crippen molar-refractivity contribution in [3.8, 4) is 5.75 Å². The summed E-state index contributed by atoms with van der Waals surface area (Å²) in [5.41, 5.74) is 3.03. The normalized spacial score (nSPS) is 15.7. The zero-order chi connectivity index (χ0) is 20.5. The van der Waals surface area contributed by atoms with Gasteiger partial charge in [-0.3, -0.25) is 4.90 Å². The highest BCUT2D eigenvalue weighted by Gasteiger charge is 2.22. The first-order valence-electron chi connectivity index (χ1n) is 10.4. The van der Waals surface area contributed by atoms with Gasteiger partial charge in [0.25, 0.3) is 0 Å². The minimum absolute atomic E-state index is 0.361. The number of hydrogen-bond donors (Lipinski definition) is 1. The van der Waals surface area contributed by atoms with Crippen LogP contribution in [0.25, 0.3) is 16.6 Å². The molecule has 0 radical (unpaired) electrons. The van der Waals surface area contributed by atoms with Crippen molar-refractivity contribution in [3.63, 3.8) is 0 Å². The van der Waals surface area contributed by atoms with Crippen molar-refractivity contribution in [2.24, 2.45) is 0 Å². The second kappa shape index (κ2) is 7.91. The lowest BCUT2D eigenvalue weighted by atomic mass is 10.0. The number of anilines is 1. The Morgan fingerprint density at radius 3 is 2.63 bits per heavy atom. The van der Waals surface area contributed by atoms with Crippen LogP contribution in [0.4, 0.5) is 5.95 Å². The van der Waals surface area contributed by atoms with Crippen LogP contribution in [0.15, 0.2) is 48.5 Å². The Kier molecular flexibility index (Phi) is 4.96. The van der Waals surface area contributed by atoms with Gasteiger partial charge in [-0.25, -0.2) is 9.97 Å². The standard InChI is InChI=1S/C23H26N6O/c1-16-24-22-19-8-4-5-9-20(19)26-23(29(22)27-16)25-18-11-13-28(14-12-18)15-17-7-3-6-10-21(17)30-2/h3-10,18H,11-15H2,1-2H3,(H,25,26). The van der Waals surface area contributed by atoms with E-state index >= 15 is 0 Å². The third kappa shape index (κ3) is 3.57. The van der Waals surface area contributed by atoms with Crippen LogP contribution < -0.4 is 10.1 Å². The van der Waals surface area contributed by atoms with Crippen LogP contribution in [-0.4, -0.2) is 50.7 Å². The van der Waals surface area contributed by atoms with Crippen LogP contribution in [0.3, 0.4) is 0 Å². The number of piperidine rings is 1. The van der Waals surface area contributed by atoms with Crippen LogP contribution in [0, 0.1) is 6.92 Å². The summed E-state index contributed by atoms with van der Waals surface area (Å²) >= 11 is 0. The number of methoxy groups -OCH3 is 1. The van der Waals surface area contributed by atoms with E-state index < -0.39 is 0 Å². The van der Waals surface area contributed by atoms with E-state index in [-0.39, 0.29) is 0 Å². The van der Waals surface area contributed by atoms with E-state index in [1.165, 1.54) is 5.56 Å². The summed E-state index contributed by atoms with van der Waals surface area (Å²) in [7, 11) is 1.73. The summed E-state index contributed by atoms with van der Waals surface area (Å²) in [6.45, 7) is 4.89. The van der Waals surface area contributed by atoms with Crippen LogP contribution in [-0.2, 0) is 6.54 Å². The molecule has 1 saturated heterocycles. The molecular weight excluding hydrogens is 376 g/mol. The smallest absolute Gasteiger partial charge is 0.226 e. The topological polar surface area (TPSA) is 67.6 Å². The van der Waals surface area contributed by atoms with Gasteiger partial charge in [0, 0.05) is 36.6 Å². The SMILES string of the molecule is COc1ccccc1CN1CCC(Nc2nc3ccccc3c3nc(C)nn23)CC1. The van der Waals surface area contributed by atoms with Crippen molar-refractivity contribution in [3.05, 3.63) is 59.9 Å². The number of fused-ring (bicyclic) bond motifs is 3. The van der Waals surface area contributed by atoms with Gasteiger partial charge in [0.2, 0.25) is 5.95 Å². The Labute approximate surface area is 175 Å². The number of benzene rings is 2. The van der Waals surface area contributed by atoms with Crippen molar-refractivity contribution < 1.29 is 4.74 Å². The average molecular weight is 403 g/mol. The van der Waals surface area contributed by atoms with Crippen molar-refractivity contribution in [2.75, 3.05) is 25.5 Å². The highest BCUT2D eigenvalue weighted by atomic mass is 16.5. The van der Waals surface area contributed by atoms with Gasteiger partial charge in [0.1, 0.15) is 11.6 Å². The third-order valence-corrected chi connectivity index (χ3v) is 5.79. The van der Waals surface area contributed by atoms with Crippen molar-refractivity contribution in [1.29, 1.82) is 0 Å². The van der Waals surface area contributed by atoms with Crippen LogP contribution >= 0.6 is 0 Å². The number of para-hydroxylation sites is 2. The Morgan fingerprint density at radius 2 is 1.80 bits per heavy atom. The van der Waals surface area contributed by atoms with E-state index in [1.54, 1.807) is 7.11 Å². The molecule has 1 aliphatic heterocycles. The second-order valence-electron chi connectivity index (χ2n) is 7.85. The number of ether oxygens (including phenoxy) is 1. The van der Waals surface area contributed by atoms with Crippen LogP contribution in [0.1, 0.15) is 24.2 Å². The van der Waals surface area contributed by atoms with E-state index in [0.717, 1.165) is 66.5 Å². The summed E-state index contributed by atoms with van der Waals surface area (Å²) in [4.78, 5) is 11.9. The molecule has 0 spiro atoms. The fourth-order valence-corrected chi connectivity index (χ4v) is 4.24. The van der Waals surface area contributed by atoms with Crippen molar-refractivity contribution in [1.82, 2.24) is 24.5 Å². The molecule has 0 aliphatic carbocycles. The van der Waals surface area contributed by atoms with E-state index in [1.807, 2.05) is 47.8 Å². The highest BCUT2D eigenvalue weighted by Crippen LogP contribution is 2.24. The number of likely N-dealkylation sites (tertiary alicyclic amines) is 1. The predicted molar refractivity (Wildman–Crippen MR) is 118 cm³/mol. The summed E-state index contributed by atoms with van der Waals surface area (Å²) in [5, 5.41) is 9.23. The average Bonchev–Trinajstić information content (AvgIpc) is 3.18. The first-order chi connectivity index (χ1) is 14.7. The summed E-state index contributed by atoms with van der Waals surface area (Å²) in [5.74, 6) is 2.48. The quantitative estimate of drug-likeness (QED) is 0.549. The zero-order valence-corrected chi connectivity index (χ0v) is 17.4. The van der Waals surface area contributed by atoms with Gasteiger partial charge in [0.15, 0.2) is 5.65 Å². The zero-order valence-electron chi connectivity index (χ0n) is 17.4. The molecule has 0 bridgehead atoms. The molecule has 1 fully saturated rings. The Balaban J connectivity index is 1.31. The van der Waals surface area contributed by atoms with Gasteiger partial charge in [-0.1, -0.05) is 30.3 Å². The molecule has 1 aliphatic rings. The number of aromatic nitrogens is 4. The molecule has 7 nitrogen and oxygen atoms in total. The third-order valence-electron chi connectivity index (χ3n) is 5.79. The molecule has 0 atom stereocenters. The first kappa shape index (κ1) is 18.8. The molecule has 1 N–H and O–H groups in total. The van der Waals surface area contributed by atoms with Gasteiger partial charge in [0.05, 0.1) is 12.6 Å². The highest BCUT2D eigenvalue weighted by molar-refractivity contribution is 5.92. The molecule has 30 heavy (non-hydrogen) atoms. The molecule has 0 saturated carbocycles. The fraction of sp³-hybridized carbons (Fsp3) is 0.348. The molecule has 4 aromatic rings. The molecule has 0 unspecified atom stereocenters. The minimum atomic E-state index is 0.361. The maximum Gasteiger partial charge on any atom is 0.226 e. The Morgan fingerprint density at radius 1 is 1.03 bits per heavy atom. The van der Waals surface area contributed by atoms with E-state index in [9.17, 15) is 0 Å². The van der Waals surface area contributed by atoms with E-state index in [4.69, 9.17) is 9.72 Å². The minimum Gasteiger partial charge on any atom is -0.496 e. The molecule has 5 rings (SSSR count). The maximum atomic E-state index is 5.50. The lowest BCUT2D eigenvalue weighted by Crippen LogP contribution is -2.39. The Hall–Kier alpha value is -3.19. The maximum absolute atomic E-state index is 5.50. The van der Waals surface area contributed by atoms with E-state index in [0.29, 0.717) is 6.04 Å². The number of rotatable bonds is 5.